The zero-order valence-electron chi connectivity index (χ0n) is 13.4. The van der Waals surface area contributed by atoms with Gasteiger partial charge in [0.25, 0.3) is 0 Å². The molecule has 0 radical (unpaired) electrons. The van der Waals surface area contributed by atoms with E-state index in [0.29, 0.717) is 23.2 Å². The molecular formula is C16H21N3O4. The molecule has 0 amide bonds. The van der Waals surface area contributed by atoms with E-state index in [1.54, 1.807) is 14.2 Å². The zero-order valence-corrected chi connectivity index (χ0v) is 13.4. The molecule has 1 aliphatic heterocycles. The molecule has 7 nitrogen and oxygen atoms in total. The molecule has 2 aromatic rings. The number of morpholine rings is 1. The van der Waals surface area contributed by atoms with Gasteiger partial charge in [0.1, 0.15) is 0 Å². The summed E-state index contributed by atoms with van der Waals surface area (Å²) in [5.74, 6) is 2.51. The molecule has 3 rings (SSSR count). The van der Waals surface area contributed by atoms with Crippen LogP contribution >= 0.6 is 0 Å². The van der Waals surface area contributed by atoms with Crippen LogP contribution in [0.5, 0.6) is 11.5 Å². The van der Waals surface area contributed by atoms with Gasteiger partial charge in [-0.05, 0) is 18.2 Å². The third kappa shape index (κ3) is 3.80. The number of hydrogen-bond donors (Lipinski definition) is 0. The molecule has 0 atom stereocenters. The highest BCUT2D eigenvalue weighted by Gasteiger charge is 2.14. The van der Waals surface area contributed by atoms with Gasteiger partial charge in [-0.1, -0.05) is 5.16 Å². The van der Waals surface area contributed by atoms with E-state index in [-0.39, 0.29) is 0 Å². The first-order valence-corrected chi connectivity index (χ1v) is 7.65. The molecule has 0 aliphatic carbocycles. The fraction of sp³-hybridized carbons (Fsp3) is 0.500. The summed E-state index contributed by atoms with van der Waals surface area (Å²) >= 11 is 0. The van der Waals surface area contributed by atoms with E-state index in [0.717, 1.165) is 44.8 Å². The number of aromatic nitrogens is 2. The second-order valence-corrected chi connectivity index (χ2v) is 5.29. The molecule has 1 fully saturated rings. The SMILES string of the molecule is COc1ccc(-c2noc(CCN3CCOCC3)n2)cc1OC. The van der Waals surface area contributed by atoms with Crippen molar-refractivity contribution in [3.05, 3.63) is 24.1 Å². The van der Waals surface area contributed by atoms with Crippen LogP contribution in [-0.2, 0) is 11.2 Å². The van der Waals surface area contributed by atoms with Gasteiger partial charge in [-0.25, -0.2) is 0 Å². The highest BCUT2D eigenvalue weighted by molar-refractivity contribution is 5.60. The van der Waals surface area contributed by atoms with Gasteiger partial charge in [-0.15, -0.1) is 0 Å². The summed E-state index contributed by atoms with van der Waals surface area (Å²) in [6.45, 7) is 4.39. The lowest BCUT2D eigenvalue weighted by molar-refractivity contribution is 0.0375. The number of rotatable bonds is 6. The van der Waals surface area contributed by atoms with Crippen molar-refractivity contribution in [3.63, 3.8) is 0 Å². The summed E-state index contributed by atoms with van der Waals surface area (Å²) in [6.07, 6.45) is 0.736. The molecule has 0 bridgehead atoms. The van der Waals surface area contributed by atoms with E-state index in [1.807, 2.05) is 18.2 Å². The van der Waals surface area contributed by atoms with Crippen LogP contribution in [0.3, 0.4) is 0 Å². The normalized spacial score (nSPS) is 15.6. The Hall–Kier alpha value is -2.12. The first kappa shape index (κ1) is 15.8. The van der Waals surface area contributed by atoms with Crippen molar-refractivity contribution in [2.45, 2.75) is 6.42 Å². The Bertz CT molecular complexity index is 638. The van der Waals surface area contributed by atoms with Crippen molar-refractivity contribution >= 4 is 0 Å². The molecule has 7 heteroatoms. The van der Waals surface area contributed by atoms with Crippen LogP contribution in [0.2, 0.25) is 0 Å². The fourth-order valence-corrected chi connectivity index (χ4v) is 2.53. The highest BCUT2D eigenvalue weighted by Crippen LogP contribution is 2.31. The van der Waals surface area contributed by atoms with Gasteiger partial charge < -0.3 is 18.7 Å². The van der Waals surface area contributed by atoms with Gasteiger partial charge >= 0.3 is 0 Å². The average molecular weight is 319 g/mol. The molecule has 2 heterocycles. The van der Waals surface area contributed by atoms with Crippen molar-refractivity contribution in [1.82, 2.24) is 15.0 Å². The second-order valence-electron chi connectivity index (χ2n) is 5.29. The minimum Gasteiger partial charge on any atom is -0.493 e. The van der Waals surface area contributed by atoms with E-state index < -0.39 is 0 Å². The molecule has 1 aromatic carbocycles. The number of ether oxygens (including phenoxy) is 3. The van der Waals surface area contributed by atoms with Crippen LogP contribution in [-0.4, -0.2) is 62.1 Å². The lowest BCUT2D eigenvalue weighted by Crippen LogP contribution is -2.37. The number of methoxy groups -OCH3 is 2. The Kier molecular flexibility index (Phi) is 5.09. The molecule has 0 unspecified atom stereocenters. The van der Waals surface area contributed by atoms with Crippen LogP contribution in [0, 0.1) is 0 Å². The first-order valence-electron chi connectivity index (χ1n) is 7.65. The Morgan fingerprint density at radius 1 is 1.13 bits per heavy atom. The third-order valence-electron chi connectivity index (χ3n) is 3.86. The van der Waals surface area contributed by atoms with Crippen molar-refractivity contribution in [2.24, 2.45) is 0 Å². The molecule has 1 aliphatic rings. The molecule has 1 aromatic heterocycles. The smallest absolute Gasteiger partial charge is 0.228 e. The molecule has 0 N–H and O–H groups in total. The quantitative estimate of drug-likeness (QED) is 0.801. The predicted octanol–water partition coefficient (Wildman–Crippen LogP) is 1.63. The second kappa shape index (κ2) is 7.43. The molecule has 0 saturated carbocycles. The fourth-order valence-electron chi connectivity index (χ4n) is 2.53. The largest absolute Gasteiger partial charge is 0.493 e. The number of hydrogen-bond acceptors (Lipinski definition) is 7. The van der Waals surface area contributed by atoms with Gasteiger partial charge in [0.15, 0.2) is 11.5 Å². The van der Waals surface area contributed by atoms with Gasteiger partial charge in [0.2, 0.25) is 11.7 Å². The van der Waals surface area contributed by atoms with E-state index in [9.17, 15) is 0 Å². The molecule has 0 spiro atoms. The summed E-state index contributed by atoms with van der Waals surface area (Å²) in [5.41, 5.74) is 0.837. The molecule has 1 saturated heterocycles. The van der Waals surface area contributed by atoms with Crippen molar-refractivity contribution in [1.29, 1.82) is 0 Å². The van der Waals surface area contributed by atoms with Crippen LogP contribution in [0.4, 0.5) is 0 Å². The topological polar surface area (TPSA) is 69.9 Å². The van der Waals surface area contributed by atoms with E-state index in [2.05, 4.69) is 15.0 Å². The summed E-state index contributed by atoms with van der Waals surface area (Å²) < 4.78 is 21.2. The predicted molar refractivity (Wildman–Crippen MR) is 83.8 cm³/mol. The van der Waals surface area contributed by atoms with Gasteiger partial charge in [-0.3, -0.25) is 4.90 Å². The maximum atomic E-state index is 5.35. The maximum Gasteiger partial charge on any atom is 0.228 e. The van der Waals surface area contributed by atoms with Crippen molar-refractivity contribution < 1.29 is 18.7 Å². The lowest BCUT2D eigenvalue weighted by atomic mass is 10.2. The Balaban J connectivity index is 1.66. The van der Waals surface area contributed by atoms with Gasteiger partial charge in [0, 0.05) is 31.6 Å². The number of nitrogens with zero attached hydrogens (tertiary/aromatic N) is 3. The van der Waals surface area contributed by atoms with Crippen LogP contribution in [0.1, 0.15) is 5.89 Å². The van der Waals surface area contributed by atoms with Crippen LogP contribution in [0.15, 0.2) is 22.7 Å². The third-order valence-corrected chi connectivity index (χ3v) is 3.86. The van der Waals surface area contributed by atoms with Crippen molar-refractivity contribution in [2.75, 3.05) is 47.1 Å². The summed E-state index contributed by atoms with van der Waals surface area (Å²) in [6, 6.07) is 5.56. The highest BCUT2D eigenvalue weighted by atomic mass is 16.5. The van der Waals surface area contributed by atoms with E-state index >= 15 is 0 Å². The summed E-state index contributed by atoms with van der Waals surface area (Å²) in [7, 11) is 3.21. The number of benzene rings is 1. The Morgan fingerprint density at radius 3 is 2.65 bits per heavy atom. The van der Waals surface area contributed by atoms with E-state index in [4.69, 9.17) is 18.7 Å². The zero-order chi connectivity index (χ0) is 16.1. The minimum atomic E-state index is 0.558. The summed E-state index contributed by atoms with van der Waals surface area (Å²) in [4.78, 5) is 6.80. The molecule has 23 heavy (non-hydrogen) atoms. The van der Waals surface area contributed by atoms with Crippen LogP contribution in [0.25, 0.3) is 11.4 Å². The summed E-state index contributed by atoms with van der Waals surface area (Å²) in [5, 5.41) is 4.06. The lowest BCUT2D eigenvalue weighted by Gasteiger charge is -2.25. The average Bonchev–Trinajstić information content (AvgIpc) is 3.09. The van der Waals surface area contributed by atoms with Crippen molar-refractivity contribution in [3.8, 4) is 22.9 Å². The first-order chi connectivity index (χ1) is 11.3. The van der Waals surface area contributed by atoms with Gasteiger partial charge in [-0.2, -0.15) is 4.98 Å². The molecule has 124 valence electrons. The molecular weight excluding hydrogens is 298 g/mol. The maximum absolute atomic E-state index is 5.35. The van der Waals surface area contributed by atoms with Gasteiger partial charge in [0.05, 0.1) is 27.4 Å². The minimum absolute atomic E-state index is 0.558. The standard InChI is InChI=1S/C16H21N3O4/c1-20-13-4-3-12(11-14(13)21-2)16-17-15(23-18-16)5-6-19-7-9-22-10-8-19/h3-4,11H,5-10H2,1-2H3. The Morgan fingerprint density at radius 2 is 1.91 bits per heavy atom. The van der Waals surface area contributed by atoms with Crippen LogP contribution < -0.4 is 9.47 Å². The Labute approximate surface area is 135 Å². The monoisotopic (exact) mass is 319 g/mol. The van der Waals surface area contributed by atoms with E-state index in [1.165, 1.54) is 0 Å².